The van der Waals surface area contributed by atoms with Crippen LogP contribution in [0.4, 0.5) is 0 Å². The summed E-state index contributed by atoms with van der Waals surface area (Å²) in [4.78, 5) is 32.7. The number of likely N-dealkylation sites (tertiary alicyclic amines) is 1. The Morgan fingerprint density at radius 1 is 1.33 bits per heavy atom. The number of rotatable bonds is 6. The highest BCUT2D eigenvalue weighted by atomic mass is 16.4. The molecule has 1 aliphatic heterocycles. The molecule has 8 nitrogen and oxygen atoms in total. The molecule has 1 N–H and O–H groups in total. The molecule has 27 heavy (non-hydrogen) atoms. The van der Waals surface area contributed by atoms with Gasteiger partial charge in [0.15, 0.2) is 5.76 Å². The Hall–Kier alpha value is -2.61. The van der Waals surface area contributed by atoms with Crippen LogP contribution in [0.1, 0.15) is 36.6 Å². The number of piperidine rings is 1. The van der Waals surface area contributed by atoms with Crippen molar-refractivity contribution in [1.29, 1.82) is 0 Å². The molecule has 2 aromatic heterocycles. The number of nitrogens with zero attached hydrogens (tertiary/aromatic N) is 4. The van der Waals surface area contributed by atoms with Gasteiger partial charge in [-0.05, 0) is 32.4 Å². The van der Waals surface area contributed by atoms with Crippen molar-refractivity contribution >= 4 is 11.8 Å². The van der Waals surface area contributed by atoms with Crippen molar-refractivity contribution in [1.82, 2.24) is 19.4 Å². The van der Waals surface area contributed by atoms with E-state index < -0.39 is 12.0 Å². The van der Waals surface area contributed by atoms with Crippen molar-refractivity contribution < 1.29 is 19.1 Å². The fourth-order valence-electron chi connectivity index (χ4n) is 3.43. The van der Waals surface area contributed by atoms with Gasteiger partial charge in [0.05, 0.1) is 24.9 Å². The van der Waals surface area contributed by atoms with Crippen molar-refractivity contribution in [2.75, 3.05) is 26.2 Å². The third kappa shape index (κ3) is 4.21. The molecule has 8 heteroatoms. The van der Waals surface area contributed by atoms with Crippen LogP contribution in [0.5, 0.6) is 0 Å². The predicted octanol–water partition coefficient (Wildman–Crippen LogP) is 1.22. The van der Waals surface area contributed by atoms with Crippen molar-refractivity contribution in [3.05, 3.63) is 42.4 Å². The number of amides is 2. The summed E-state index contributed by atoms with van der Waals surface area (Å²) in [5.74, 6) is -0.0518. The van der Waals surface area contributed by atoms with Gasteiger partial charge in [-0.2, -0.15) is 0 Å². The predicted molar refractivity (Wildman–Crippen MR) is 98.0 cm³/mol. The molecule has 146 valence electrons. The maximum Gasteiger partial charge on any atom is 0.289 e. The highest BCUT2D eigenvalue weighted by Crippen LogP contribution is 2.22. The lowest BCUT2D eigenvalue weighted by molar-refractivity contribution is -0.141. The molecule has 2 aromatic rings. The minimum Gasteiger partial charge on any atom is -0.454 e. The quantitative estimate of drug-likeness (QED) is 0.821. The van der Waals surface area contributed by atoms with Gasteiger partial charge in [0.1, 0.15) is 5.76 Å². The lowest BCUT2D eigenvalue weighted by atomic mass is 9.93. The van der Waals surface area contributed by atoms with Crippen LogP contribution in [0.2, 0.25) is 0 Å². The summed E-state index contributed by atoms with van der Waals surface area (Å²) in [5, 5.41) is 10.3. The van der Waals surface area contributed by atoms with Gasteiger partial charge in [-0.3, -0.25) is 9.59 Å². The number of furan rings is 1. The molecule has 1 saturated heterocycles. The van der Waals surface area contributed by atoms with E-state index in [-0.39, 0.29) is 24.1 Å². The van der Waals surface area contributed by atoms with Crippen LogP contribution in [-0.4, -0.2) is 68.6 Å². The monoisotopic (exact) mass is 374 g/mol. The average Bonchev–Trinajstić information content (AvgIpc) is 3.35. The van der Waals surface area contributed by atoms with Crippen LogP contribution in [0.3, 0.4) is 0 Å². The lowest BCUT2D eigenvalue weighted by Crippen LogP contribution is -2.52. The van der Waals surface area contributed by atoms with E-state index in [1.54, 1.807) is 34.5 Å². The van der Waals surface area contributed by atoms with Crippen molar-refractivity contribution in [2.24, 2.45) is 5.92 Å². The molecular weight excluding hydrogens is 348 g/mol. The Balaban J connectivity index is 1.67. The molecule has 0 aliphatic carbocycles. The van der Waals surface area contributed by atoms with E-state index in [0.717, 1.165) is 0 Å². The van der Waals surface area contributed by atoms with E-state index in [4.69, 9.17) is 4.42 Å². The third-order valence-corrected chi connectivity index (χ3v) is 5.03. The molecule has 2 atom stereocenters. The first-order valence-electron chi connectivity index (χ1n) is 9.34. The SMILES string of the molecule is CCN(CC)C(=O)[C@H]1CN(C(=O)c2ccc(Cn3ccnc3)o2)CC[C@H]1O. The summed E-state index contributed by atoms with van der Waals surface area (Å²) in [6.07, 6.45) is 4.84. The maximum absolute atomic E-state index is 12.8. The summed E-state index contributed by atoms with van der Waals surface area (Å²) in [6, 6.07) is 3.42. The molecule has 0 radical (unpaired) electrons. The van der Waals surface area contributed by atoms with E-state index in [1.165, 1.54) is 0 Å². The van der Waals surface area contributed by atoms with Gasteiger partial charge < -0.3 is 23.9 Å². The minimum absolute atomic E-state index is 0.106. The second-order valence-corrected chi connectivity index (χ2v) is 6.73. The summed E-state index contributed by atoms with van der Waals surface area (Å²) in [5.41, 5.74) is 0. The number of carbonyl (C=O) groups excluding carboxylic acids is 2. The number of aliphatic hydroxyl groups is 1. The largest absolute Gasteiger partial charge is 0.454 e. The molecule has 0 saturated carbocycles. The fourth-order valence-corrected chi connectivity index (χ4v) is 3.43. The zero-order chi connectivity index (χ0) is 19.4. The number of hydrogen-bond donors (Lipinski definition) is 1. The highest BCUT2D eigenvalue weighted by molar-refractivity contribution is 5.92. The van der Waals surface area contributed by atoms with E-state index >= 15 is 0 Å². The molecular formula is C19H26N4O4. The van der Waals surface area contributed by atoms with Crippen LogP contribution < -0.4 is 0 Å². The molecule has 1 fully saturated rings. The van der Waals surface area contributed by atoms with Crippen LogP contribution >= 0.6 is 0 Å². The first-order valence-corrected chi connectivity index (χ1v) is 9.34. The van der Waals surface area contributed by atoms with Crippen LogP contribution in [0.25, 0.3) is 0 Å². The second kappa shape index (κ2) is 8.39. The lowest BCUT2D eigenvalue weighted by Gasteiger charge is -2.37. The van der Waals surface area contributed by atoms with E-state index in [9.17, 15) is 14.7 Å². The fraction of sp³-hybridized carbons (Fsp3) is 0.526. The summed E-state index contributed by atoms with van der Waals surface area (Å²) in [6.45, 7) is 6.08. The minimum atomic E-state index is -0.726. The van der Waals surface area contributed by atoms with Crippen LogP contribution in [0, 0.1) is 5.92 Å². The second-order valence-electron chi connectivity index (χ2n) is 6.73. The summed E-state index contributed by atoms with van der Waals surface area (Å²) < 4.78 is 7.54. The number of imidazole rings is 1. The molecule has 0 unspecified atom stereocenters. The van der Waals surface area contributed by atoms with Gasteiger partial charge in [0.2, 0.25) is 5.91 Å². The first kappa shape index (κ1) is 19.2. The maximum atomic E-state index is 12.8. The smallest absolute Gasteiger partial charge is 0.289 e. The number of carbonyl (C=O) groups is 2. The molecule has 3 rings (SSSR count). The molecule has 3 heterocycles. The molecule has 1 aliphatic rings. The average molecular weight is 374 g/mol. The van der Waals surface area contributed by atoms with E-state index in [1.807, 2.05) is 24.6 Å². The Bertz CT molecular complexity index is 767. The first-order chi connectivity index (χ1) is 13.0. The topological polar surface area (TPSA) is 91.8 Å². The van der Waals surface area contributed by atoms with Crippen LogP contribution in [0.15, 0.2) is 35.3 Å². The van der Waals surface area contributed by atoms with Crippen molar-refractivity contribution in [3.8, 4) is 0 Å². The normalized spacial score (nSPS) is 19.9. The van der Waals surface area contributed by atoms with Crippen molar-refractivity contribution in [2.45, 2.75) is 32.9 Å². The zero-order valence-electron chi connectivity index (χ0n) is 15.7. The van der Waals surface area contributed by atoms with Gasteiger partial charge in [0, 0.05) is 38.6 Å². The standard InChI is InChI=1S/C19H26N4O4/c1-3-22(4-2)18(25)15-12-23(9-7-16(15)24)19(26)17-6-5-14(27-17)11-21-10-8-20-13-21/h5-6,8,10,13,15-16,24H,3-4,7,9,11-12H2,1-2H3/t15-,16+/m0/s1. The number of aliphatic hydroxyl groups excluding tert-OH is 1. The number of hydrogen-bond acceptors (Lipinski definition) is 5. The number of aromatic nitrogens is 2. The van der Waals surface area contributed by atoms with Gasteiger partial charge in [-0.25, -0.2) is 4.98 Å². The summed E-state index contributed by atoms with van der Waals surface area (Å²) in [7, 11) is 0. The Morgan fingerprint density at radius 2 is 2.11 bits per heavy atom. The zero-order valence-corrected chi connectivity index (χ0v) is 15.7. The van der Waals surface area contributed by atoms with Gasteiger partial charge in [0.25, 0.3) is 5.91 Å². The van der Waals surface area contributed by atoms with Crippen LogP contribution in [-0.2, 0) is 11.3 Å². The van der Waals surface area contributed by atoms with Crippen molar-refractivity contribution in [3.63, 3.8) is 0 Å². The van der Waals surface area contributed by atoms with Gasteiger partial charge >= 0.3 is 0 Å². The Kier molecular flexibility index (Phi) is 5.95. The molecule has 0 spiro atoms. The molecule has 0 bridgehead atoms. The molecule has 0 aromatic carbocycles. The van der Waals surface area contributed by atoms with E-state index in [0.29, 0.717) is 38.4 Å². The highest BCUT2D eigenvalue weighted by Gasteiger charge is 2.37. The Morgan fingerprint density at radius 3 is 2.78 bits per heavy atom. The van der Waals surface area contributed by atoms with E-state index in [2.05, 4.69) is 4.98 Å². The Labute approximate surface area is 158 Å². The third-order valence-electron chi connectivity index (χ3n) is 5.03. The molecule has 2 amide bonds. The summed E-state index contributed by atoms with van der Waals surface area (Å²) >= 11 is 0. The van der Waals surface area contributed by atoms with Gasteiger partial charge in [-0.1, -0.05) is 0 Å². The van der Waals surface area contributed by atoms with Gasteiger partial charge in [-0.15, -0.1) is 0 Å².